The van der Waals surface area contributed by atoms with Crippen LogP contribution in [0.4, 0.5) is 13.2 Å². The molecule has 164 valence electrons. The highest BCUT2D eigenvalue weighted by Gasteiger charge is 2.38. The van der Waals surface area contributed by atoms with E-state index in [1.165, 1.54) is 0 Å². The number of rotatable bonds is 5. The van der Waals surface area contributed by atoms with Crippen molar-refractivity contribution in [1.82, 2.24) is 10.2 Å². The molecule has 11 heteroatoms. The van der Waals surface area contributed by atoms with Gasteiger partial charge in [-0.2, -0.15) is 13.2 Å². The van der Waals surface area contributed by atoms with Gasteiger partial charge in [0.2, 0.25) is 5.91 Å². The zero-order valence-electron chi connectivity index (χ0n) is 16.0. The lowest BCUT2D eigenvalue weighted by Crippen LogP contribution is -2.63. The van der Waals surface area contributed by atoms with E-state index in [0.717, 1.165) is 5.56 Å². The minimum atomic E-state index is -5.08. The Bertz CT molecular complexity index is 980. The summed E-state index contributed by atoms with van der Waals surface area (Å²) in [6, 6.07) is 15.6. The number of nitrogen functional groups attached to an aromatic ring is 1. The van der Waals surface area contributed by atoms with Gasteiger partial charge in [-0.3, -0.25) is 15.0 Å². The summed E-state index contributed by atoms with van der Waals surface area (Å²) >= 11 is 0. The summed E-state index contributed by atoms with van der Waals surface area (Å²) < 4.78 is 31.7. The van der Waals surface area contributed by atoms with Crippen LogP contribution in [0.5, 0.6) is 0 Å². The van der Waals surface area contributed by atoms with Gasteiger partial charge >= 0.3 is 12.1 Å². The molecule has 0 bridgehead atoms. The Morgan fingerprint density at radius 3 is 2.23 bits per heavy atom. The van der Waals surface area contributed by atoms with Gasteiger partial charge < -0.3 is 21.1 Å². The van der Waals surface area contributed by atoms with Gasteiger partial charge in [0.1, 0.15) is 11.9 Å². The largest absolute Gasteiger partial charge is 0.490 e. The van der Waals surface area contributed by atoms with E-state index in [1.807, 2.05) is 18.2 Å². The van der Waals surface area contributed by atoms with E-state index >= 15 is 0 Å². The first-order valence-corrected chi connectivity index (χ1v) is 8.87. The Kier molecular flexibility index (Phi) is 7.35. The van der Waals surface area contributed by atoms with Crippen molar-refractivity contribution < 1.29 is 32.7 Å². The molecule has 0 aromatic heterocycles. The lowest BCUT2D eigenvalue weighted by molar-refractivity contribution is -0.192. The number of hydrogen-bond donors (Lipinski definition) is 4. The van der Waals surface area contributed by atoms with Gasteiger partial charge in [0.15, 0.2) is 0 Å². The second kappa shape index (κ2) is 9.74. The number of halogens is 3. The highest BCUT2D eigenvalue weighted by Crippen LogP contribution is 2.17. The van der Waals surface area contributed by atoms with Gasteiger partial charge in [-0.15, -0.1) is 0 Å². The predicted octanol–water partition coefficient (Wildman–Crippen LogP) is 1.74. The van der Waals surface area contributed by atoms with E-state index in [1.54, 1.807) is 41.3 Å². The fraction of sp³-hybridized carbons (Fsp3) is 0.200. The molecular weight excluding hydrogens is 417 g/mol. The number of nitrogens with one attached hydrogen (secondary N) is 2. The first-order chi connectivity index (χ1) is 14.5. The fourth-order valence-corrected chi connectivity index (χ4v) is 2.63. The molecule has 2 amide bonds. The predicted molar refractivity (Wildman–Crippen MR) is 104 cm³/mol. The molecule has 5 N–H and O–H groups in total. The first kappa shape index (κ1) is 23.4. The van der Waals surface area contributed by atoms with Crippen LogP contribution in [0, 0.1) is 5.41 Å². The SMILES string of the molecule is N=C(N)c1cccc(CN2C[C@H](NC(=O)c3ccccc3)C2=O)c1.O=C(O)C(F)(F)F. The van der Waals surface area contributed by atoms with E-state index in [4.69, 9.17) is 21.0 Å². The van der Waals surface area contributed by atoms with Crippen LogP contribution in [-0.4, -0.2) is 52.4 Å². The fourth-order valence-electron chi connectivity index (χ4n) is 2.63. The minimum absolute atomic E-state index is 0.000197. The molecule has 0 unspecified atom stereocenters. The highest BCUT2D eigenvalue weighted by atomic mass is 19.4. The number of carboxylic acids is 1. The number of amides is 2. The van der Waals surface area contributed by atoms with E-state index in [2.05, 4.69) is 5.32 Å². The average Bonchev–Trinajstić information content (AvgIpc) is 2.73. The Labute approximate surface area is 175 Å². The minimum Gasteiger partial charge on any atom is -0.475 e. The molecule has 2 aromatic carbocycles. The Morgan fingerprint density at radius 2 is 1.71 bits per heavy atom. The standard InChI is InChI=1S/C18H18N4O2.C2HF3O2/c19-16(20)14-8-4-5-12(9-14)10-22-11-15(18(22)24)21-17(23)13-6-2-1-3-7-13;3-2(4,5)1(6)7/h1-9,15H,10-11H2,(H3,19,20)(H,21,23);(H,6,7)/t15-;/m0./s1. The molecule has 0 saturated carbocycles. The van der Waals surface area contributed by atoms with Crippen LogP contribution in [-0.2, 0) is 16.1 Å². The molecule has 8 nitrogen and oxygen atoms in total. The molecule has 2 aromatic rings. The molecule has 1 atom stereocenters. The van der Waals surface area contributed by atoms with Crippen molar-refractivity contribution in [1.29, 1.82) is 5.41 Å². The smallest absolute Gasteiger partial charge is 0.475 e. The van der Waals surface area contributed by atoms with Crippen molar-refractivity contribution in [2.24, 2.45) is 5.73 Å². The Hall–Kier alpha value is -3.89. The van der Waals surface area contributed by atoms with Crippen LogP contribution in [0.3, 0.4) is 0 Å². The summed E-state index contributed by atoms with van der Waals surface area (Å²) in [6.07, 6.45) is -5.08. The van der Waals surface area contributed by atoms with Crippen molar-refractivity contribution in [3.63, 3.8) is 0 Å². The summed E-state index contributed by atoms with van der Waals surface area (Å²) in [5.41, 5.74) is 7.55. The third kappa shape index (κ3) is 6.56. The molecule has 1 aliphatic rings. The van der Waals surface area contributed by atoms with Gasteiger partial charge in [-0.1, -0.05) is 36.4 Å². The number of alkyl halides is 3. The number of amidine groups is 1. The number of likely N-dealkylation sites (tertiary alicyclic amines) is 1. The van der Waals surface area contributed by atoms with Crippen molar-refractivity contribution in [3.8, 4) is 0 Å². The van der Waals surface area contributed by atoms with E-state index in [9.17, 15) is 22.8 Å². The molecule has 31 heavy (non-hydrogen) atoms. The molecule has 1 heterocycles. The van der Waals surface area contributed by atoms with Crippen LogP contribution in [0.1, 0.15) is 21.5 Å². The van der Waals surface area contributed by atoms with Crippen LogP contribution in [0.2, 0.25) is 0 Å². The maximum Gasteiger partial charge on any atom is 0.490 e. The second-order valence-corrected chi connectivity index (χ2v) is 6.53. The Morgan fingerprint density at radius 1 is 1.13 bits per heavy atom. The molecule has 3 rings (SSSR count). The van der Waals surface area contributed by atoms with E-state index in [0.29, 0.717) is 24.2 Å². The van der Waals surface area contributed by atoms with Crippen LogP contribution < -0.4 is 11.1 Å². The number of carbonyl (C=O) groups is 3. The number of carbonyl (C=O) groups excluding carboxylic acids is 2. The quantitative estimate of drug-likeness (QED) is 0.322. The molecule has 0 spiro atoms. The molecule has 0 radical (unpaired) electrons. The number of nitrogens with zero attached hydrogens (tertiary/aromatic N) is 1. The summed E-state index contributed by atoms with van der Waals surface area (Å²) in [6.45, 7) is 0.916. The molecule has 1 saturated heterocycles. The number of carboxylic acid groups (broad SMARTS) is 1. The average molecular weight is 436 g/mol. The summed E-state index contributed by atoms with van der Waals surface area (Å²) in [7, 11) is 0. The maximum absolute atomic E-state index is 12.2. The first-order valence-electron chi connectivity index (χ1n) is 8.87. The molecule has 1 fully saturated rings. The highest BCUT2D eigenvalue weighted by molar-refractivity contribution is 5.99. The summed E-state index contributed by atoms with van der Waals surface area (Å²) in [4.78, 5) is 34.8. The maximum atomic E-state index is 12.2. The normalized spacial score (nSPS) is 15.3. The van der Waals surface area contributed by atoms with Gasteiger partial charge in [-0.05, 0) is 23.8 Å². The number of β-lactam (4-membered cyclic amide) rings is 1. The zero-order chi connectivity index (χ0) is 23.2. The van der Waals surface area contributed by atoms with Crippen LogP contribution in [0.25, 0.3) is 0 Å². The lowest BCUT2D eigenvalue weighted by Gasteiger charge is -2.38. The number of benzene rings is 2. The molecule has 0 aliphatic carbocycles. The monoisotopic (exact) mass is 436 g/mol. The van der Waals surface area contributed by atoms with Crippen molar-refractivity contribution >= 4 is 23.6 Å². The van der Waals surface area contributed by atoms with Crippen molar-refractivity contribution in [2.45, 2.75) is 18.8 Å². The van der Waals surface area contributed by atoms with Crippen LogP contribution >= 0.6 is 0 Å². The third-order valence-electron chi connectivity index (χ3n) is 4.21. The molecular formula is C20H19F3N4O4. The number of hydrogen-bond acceptors (Lipinski definition) is 4. The van der Waals surface area contributed by atoms with E-state index in [-0.39, 0.29) is 17.6 Å². The molecule has 1 aliphatic heterocycles. The topological polar surface area (TPSA) is 137 Å². The van der Waals surface area contributed by atoms with Crippen molar-refractivity contribution in [3.05, 3.63) is 71.3 Å². The van der Waals surface area contributed by atoms with Gasteiger partial charge in [0.05, 0.1) is 6.54 Å². The van der Waals surface area contributed by atoms with Gasteiger partial charge in [0, 0.05) is 17.7 Å². The number of aliphatic carboxylic acids is 1. The lowest BCUT2D eigenvalue weighted by atomic mass is 10.0. The van der Waals surface area contributed by atoms with Crippen LogP contribution in [0.15, 0.2) is 54.6 Å². The van der Waals surface area contributed by atoms with Gasteiger partial charge in [-0.25, -0.2) is 4.79 Å². The summed E-state index contributed by atoms with van der Waals surface area (Å²) in [5.74, 6) is -3.10. The second-order valence-electron chi connectivity index (χ2n) is 6.53. The summed E-state index contributed by atoms with van der Waals surface area (Å²) in [5, 5.41) is 17.3. The van der Waals surface area contributed by atoms with Gasteiger partial charge in [0.25, 0.3) is 5.91 Å². The third-order valence-corrected chi connectivity index (χ3v) is 4.21. The Balaban J connectivity index is 0.000000423. The number of nitrogens with two attached hydrogens (primary N) is 1. The zero-order valence-corrected chi connectivity index (χ0v) is 16.0. The van der Waals surface area contributed by atoms with Crippen molar-refractivity contribution in [2.75, 3.05) is 6.54 Å². The van der Waals surface area contributed by atoms with E-state index < -0.39 is 18.2 Å².